The second-order valence-corrected chi connectivity index (χ2v) is 9.83. The average molecular weight is 484 g/mol. The number of aryl methyl sites for hydroxylation is 2. The zero-order valence-electron chi connectivity index (χ0n) is 21.0. The number of nitrogens with one attached hydrogen (secondary N) is 1. The summed E-state index contributed by atoms with van der Waals surface area (Å²) in [5, 5.41) is 0. The van der Waals surface area contributed by atoms with E-state index in [2.05, 4.69) is 19.9 Å². The van der Waals surface area contributed by atoms with E-state index < -0.39 is 11.5 Å². The number of pyridine rings is 1. The number of rotatable bonds is 4. The first-order valence-corrected chi connectivity index (χ1v) is 11.9. The molecule has 2 aliphatic heterocycles. The molecule has 188 valence electrons. The SMILES string of the molecule is COC(=O)c1c(C)cc(N2CCN(C(=O)c3c[nH]c(=O)c(C4CCOCC4)n3)C(C)(C)C2)nc1C. The zero-order valence-corrected chi connectivity index (χ0v) is 21.0. The van der Waals surface area contributed by atoms with Gasteiger partial charge in [0.15, 0.2) is 0 Å². The molecule has 0 spiro atoms. The first-order chi connectivity index (χ1) is 16.6. The predicted octanol–water partition coefficient (Wildman–Crippen LogP) is 2.20. The van der Waals surface area contributed by atoms with Crippen LogP contribution in [0, 0.1) is 13.8 Å². The van der Waals surface area contributed by atoms with Gasteiger partial charge in [0.2, 0.25) is 0 Å². The number of amides is 1. The molecule has 1 amide bonds. The van der Waals surface area contributed by atoms with E-state index in [1.54, 1.807) is 11.8 Å². The van der Waals surface area contributed by atoms with Crippen molar-refractivity contribution in [2.24, 2.45) is 0 Å². The van der Waals surface area contributed by atoms with E-state index in [0.29, 0.717) is 49.8 Å². The maximum Gasteiger partial charge on any atom is 0.339 e. The van der Waals surface area contributed by atoms with Crippen LogP contribution in [0.25, 0.3) is 0 Å². The van der Waals surface area contributed by atoms with E-state index in [-0.39, 0.29) is 23.1 Å². The Balaban J connectivity index is 1.54. The Hall–Kier alpha value is -3.27. The number of anilines is 1. The fourth-order valence-corrected chi connectivity index (χ4v) is 5.03. The van der Waals surface area contributed by atoms with Crippen LogP contribution >= 0.6 is 0 Å². The lowest BCUT2D eigenvalue weighted by atomic mass is 9.96. The molecule has 35 heavy (non-hydrogen) atoms. The Morgan fingerprint density at radius 2 is 1.89 bits per heavy atom. The minimum Gasteiger partial charge on any atom is -0.465 e. The molecule has 0 aliphatic carbocycles. The second-order valence-electron chi connectivity index (χ2n) is 9.83. The molecular weight excluding hydrogens is 450 g/mol. The van der Waals surface area contributed by atoms with Crippen molar-refractivity contribution in [1.82, 2.24) is 19.9 Å². The third-order valence-electron chi connectivity index (χ3n) is 6.89. The van der Waals surface area contributed by atoms with Crippen LogP contribution in [0.3, 0.4) is 0 Å². The lowest BCUT2D eigenvalue weighted by molar-refractivity contribution is 0.0504. The van der Waals surface area contributed by atoms with Crippen molar-refractivity contribution in [3.05, 3.63) is 50.8 Å². The highest BCUT2D eigenvalue weighted by Gasteiger charge is 2.38. The maximum absolute atomic E-state index is 13.5. The lowest BCUT2D eigenvalue weighted by Gasteiger charge is -2.47. The van der Waals surface area contributed by atoms with E-state index in [1.165, 1.54) is 13.3 Å². The molecule has 2 fully saturated rings. The van der Waals surface area contributed by atoms with Crippen LogP contribution < -0.4 is 10.5 Å². The van der Waals surface area contributed by atoms with Gasteiger partial charge in [0.1, 0.15) is 17.2 Å². The summed E-state index contributed by atoms with van der Waals surface area (Å²) in [4.78, 5) is 53.8. The van der Waals surface area contributed by atoms with Crippen molar-refractivity contribution < 1.29 is 19.1 Å². The summed E-state index contributed by atoms with van der Waals surface area (Å²) in [6.07, 6.45) is 2.85. The molecule has 10 heteroatoms. The lowest BCUT2D eigenvalue weighted by Crippen LogP contribution is -2.61. The number of carbonyl (C=O) groups is 2. The van der Waals surface area contributed by atoms with Crippen molar-refractivity contribution in [3.8, 4) is 0 Å². The normalized spacial score (nSPS) is 18.4. The number of hydrogen-bond donors (Lipinski definition) is 1. The first kappa shape index (κ1) is 24.8. The van der Waals surface area contributed by atoms with Crippen molar-refractivity contribution in [2.75, 3.05) is 44.9 Å². The third-order valence-corrected chi connectivity index (χ3v) is 6.89. The number of ether oxygens (including phenoxy) is 2. The first-order valence-electron chi connectivity index (χ1n) is 11.9. The van der Waals surface area contributed by atoms with Crippen molar-refractivity contribution in [2.45, 2.75) is 52.0 Å². The molecule has 0 atom stereocenters. The molecule has 2 aromatic rings. The van der Waals surface area contributed by atoms with E-state index in [4.69, 9.17) is 9.47 Å². The highest BCUT2D eigenvalue weighted by atomic mass is 16.5. The number of carbonyl (C=O) groups excluding carboxylic acids is 2. The summed E-state index contributed by atoms with van der Waals surface area (Å²) in [5.74, 6) is 0.149. The van der Waals surface area contributed by atoms with Crippen LogP contribution in [-0.2, 0) is 9.47 Å². The molecule has 10 nitrogen and oxygen atoms in total. The molecule has 1 N–H and O–H groups in total. The standard InChI is InChI=1S/C25H33N5O5/c1-15-12-19(27-16(2)20(15)24(33)34-5)29-8-9-30(25(3,4)14-29)23(32)18-13-26-22(31)21(28-18)17-6-10-35-11-7-17/h12-13,17H,6-11,14H2,1-5H3,(H,26,31). The van der Waals surface area contributed by atoms with E-state index in [0.717, 1.165) is 24.2 Å². The smallest absolute Gasteiger partial charge is 0.339 e. The molecule has 0 saturated carbocycles. The fraction of sp³-hybridized carbons (Fsp3) is 0.560. The van der Waals surface area contributed by atoms with Crippen LogP contribution in [0.4, 0.5) is 5.82 Å². The van der Waals surface area contributed by atoms with Crippen LogP contribution in [0.15, 0.2) is 17.1 Å². The van der Waals surface area contributed by atoms with Gasteiger partial charge in [-0.1, -0.05) is 0 Å². The Kier molecular flexibility index (Phi) is 6.93. The van der Waals surface area contributed by atoms with E-state index in [9.17, 15) is 14.4 Å². The summed E-state index contributed by atoms with van der Waals surface area (Å²) in [6.45, 7) is 10.5. The molecular formula is C25H33N5O5. The molecule has 0 unspecified atom stereocenters. The largest absolute Gasteiger partial charge is 0.465 e. The Morgan fingerprint density at radius 1 is 1.17 bits per heavy atom. The third kappa shape index (κ3) is 4.93. The highest BCUT2D eigenvalue weighted by molar-refractivity contribution is 5.93. The molecule has 4 rings (SSSR count). The molecule has 0 aromatic carbocycles. The number of piperazine rings is 1. The number of methoxy groups -OCH3 is 1. The zero-order chi connectivity index (χ0) is 25.3. The molecule has 0 radical (unpaired) electrons. The van der Waals surface area contributed by atoms with Gasteiger partial charge >= 0.3 is 5.97 Å². The van der Waals surface area contributed by atoms with Gasteiger partial charge in [-0.15, -0.1) is 0 Å². The summed E-state index contributed by atoms with van der Waals surface area (Å²) in [6, 6.07) is 1.89. The van der Waals surface area contributed by atoms with E-state index >= 15 is 0 Å². The van der Waals surface area contributed by atoms with Gasteiger partial charge in [0.05, 0.1) is 23.9 Å². The predicted molar refractivity (Wildman–Crippen MR) is 130 cm³/mol. The number of aromatic nitrogens is 3. The number of aromatic amines is 1. The van der Waals surface area contributed by atoms with Crippen molar-refractivity contribution >= 4 is 17.7 Å². The van der Waals surface area contributed by atoms with Crippen molar-refractivity contribution in [1.29, 1.82) is 0 Å². The van der Waals surface area contributed by atoms with Crippen LogP contribution in [0.2, 0.25) is 0 Å². The fourth-order valence-electron chi connectivity index (χ4n) is 5.03. The van der Waals surface area contributed by atoms with Gasteiger partial charge in [-0.25, -0.2) is 14.8 Å². The summed E-state index contributed by atoms with van der Waals surface area (Å²) in [7, 11) is 1.36. The number of hydrogen-bond acceptors (Lipinski definition) is 8. The van der Waals surface area contributed by atoms with Crippen LogP contribution in [0.5, 0.6) is 0 Å². The Labute approximate surface area is 204 Å². The van der Waals surface area contributed by atoms with Gasteiger partial charge in [-0.05, 0) is 52.2 Å². The number of esters is 1. The second kappa shape index (κ2) is 9.77. The van der Waals surface area contributed by atoms with Gasteiger partial charge in [0, 0.05) is 45.0 Å². The summed E-state index contributed by atoms with van der Waals surface area (Å²) >= 11 is 0. The molecule has 2 saturated heterocycles. The van der Waals surface area contributed by atoms with E-state index in [1.807, 2.05) is 26.8 Å². The van der Waals surface area contributed by atoms with Gasteiger partial charge in [-0.2, -0.15) is 0 Å². The van der Waals surface area contributed by atoms with Crippen LogP contribution in [0.1, 0.15) is 70.4 Å². The topological polar surface area (TPSA) is 118 Å². The minimum absolute atomic E-state index is 0.00405. The maximum atomic E-state index is 13.5. The van der Waals surface area contributed by atoms with Gasteiger partial charge in [-0.3, -0.25) is 9.59 Å². The molecule has 4 heterocycles. The summed E-state index contributed by atoms with van der Waals surface area (Å²) in [5.41, 5.74) is 1.79. The molecule has 2 aromatic heterocycles. The van der Waals surface area contributed by atoms with Crippen LogP contribution in [-0.4, -0.2) is 77.2 Å². The summed E-state index contributed by atoms with van der Waals surface area (Å²) < 4.78 is 10.3. The van der Waals surface area contributed by atoms with Crippen molar-refractivity contribution in [3.63, 3.8) is 0 Å². The monoisotopic (exact) mass is 483 g/mol. The molecule has 0 bridgehead atoms. The average Bonchev–Trinajstić information content (AvgIpc) is 2.83. The van der Waals surface area contributed by atoms with Gasteiger partial charge < -0.3 is 24.3 Å². The Bertz CT molecular complexity index is 1160. The quantitative estimate of drug-likeness (QED) is 0.658. The minimum atomic E-state index is -0.517. The highest BCUT2D eigenvalue weighted by Crippen LogP contribution is 2.29. The molecule has 2 aliphatic rings. The number of nitrogens with zero attached hydrogens (tertiary/aromatic N) is 4. The van der Waals surface area contributed by atoms with Gasteiger partial charge in [0.25, 0.3) is 11.5 Å². The Morgan fingerprint density at radius 3 is 2.51 bits per heavy atom. The number of H-pyrrole nitrogens is 1.